The number of hydrogen-bond donors (Lipinski definition) is 1. The molecule has 3 rings (SSSR count). The van der Waals surface area contributed by atoms with Gasteiger partial charge < -0.3 is 10.0 Å². The molecule has 0 radical (unpaired) electrons. The number of hydrogen-bond acceptors (Lipinski definition) is 6. The van der Waals surface area contributed by atoms with E-state index in [1.54, 1.807) is 34.0 Å². The molecule has 0 spiro atoms. The number of carbonyl (C=O) groups is 1. The van der Waals surface area contributed by atoms with Gasteiger partial charge in [-0.3, -0.25) is 9.78 Å². The number of aromatic nitrogens is 2. The first-order chi connectivity index (χ1) is 11.3. The van der Waals surface area contributed by atoms with E-state index >= 15 is 0 Å². The molecule has 3 aromatic heterocycles. The topological polar surface area (TPSA) is 66.3 Å². The van der Waals surface area contributed by atoms with Crippen molar-refractivity contribution in [3.05, 3.63) is 58.0 Å². The van der Waals surface area contributed by atoms with Gasteiger partial charge in [-0.25, -0.2) is 4.98 Å². The van der Waals surface area contributed by atoms with E-state index in [4.69, 9.17) is 0 Å². The van der Waals surface area contributed by atoms with E-state index in [1.165, 1.54) is 11.3 Å². The Kier molecular flexibility index (Phi) is 5.12. The molecular formula is C16H15N3O2S2. The molecule has 0 aliphatic heterocycles. The van der Waals surface area contributed by atoms with Crippen molar-refractivity contribution in [1.82, 2.24) is 14.9 Å². The predicted octanol–water partition coefficient (Wildman–Crippen LogP) is 2.90. The van der Waals surface area contributed by atoms with Crippen molar-refractivity contribution in [1.29, 1.82) is 0 Å². The molecule has 1 amide bonds. The highest BCUT2D eigenvalue weighted by molar-refractivity contribution is 7.14. The van der Waals surface area contributed by atoms with E-state index in [0.29, 0.717) is 12.2 Å². The molecule has 0 aromatic carbocycles. The van der Waals surface area contributed by atoms with Gasteiger partial charge in [0.1, 0.15) is 10.7 Å². The Balaban J connectivity index is 1.78. The molecule has 3 aromatic rings. The van der Waals surface area contributed by atoms with E-state index in [1.807, 2.05) is 29.0 Å². The summed E-state index contributed by atoms with van der Waals surface area (Å²) in [6.07, 6.45) is 3.41. The third-order valence-corrected chi connectivity index (χ3v) is 4.82. The first-order valence-electron chi connectivity index (χ1n) is 7.05. The maximum Gasteiger partial charge on any atom is 0.273 e. The minimum atomic E-state index is -0.180. The summed E-state index contributed by atoms with van der Waals surface area (Å²) in [5.41, 5.74) is 2.36. The van der Waals surface area contributed by atoms with Crippen LogP contribution in [0.15, 0.2) is 46.7 Å². The molecular weight excluding hydrogens is 330 g/mol. The molecule has 0 saturated heterocycles. The van der Waals surface area contributed by atoms with Crippen molar-refractivity contribution in [3.8, 4) is 10.6 Å². The van der Waals surface area contributed by atoms with Crippen molar-refractivity contribution < 1.29 is 9.90 Å². The summed E-state index contributed by atoms with van der Waals surface area (Å²) in [6.45, 7) is 0.575. The van der Waals surface area contributed by atoms with Gasteiger partial charge >= 0.3 is 0 Å². The number of thiazole rings is 1. The Labute approximate surface area is 141 Å². The number of pyridine rings is 1. The molecule has 0 aliphatic carbocycles. The zero-order valence-corrected chi connectivity index (χ0v) is 13.9. The zero-order valence-electron chi connectivity index (χ0n) is 12.3. The summed E-state index contributed by atoms with van der Waals surface area (Å²) < 4.78 is 0. The number of rotatable bonds is 6. The number of aliphatic hydroxyl groups excluding tert-OH is 1. The van der Waals surface area contributed by atoms with Crippen LogP contribution in [-0.4, -0.2) is 39.0 Å². The maximum atomic E-state index is 12.7. The minimum Gasteiger partial charge on any atom is -0.395 e. The minimum absolute atomic E-state index is 0.0898. The molecule has 0 unspecified atom stereocenters. The Morgan fingerprint density at radius 2 is 2.22 bits per heavy atom. The molecule has 7 heteroatoms. The van der Waals surface area contributed by atoms with Crippen LogP contribution in [0.3, 0.4) is 0 Å². The van der Waals surface area contributed by atoms with Crippen LogP contribution in [0, 0.1) is 0 Å². The van der Waals surface area contributed by atoms with E-state index in [0.717, 1.165) is 16.1 Å². The van der Waals surface area contributed by atoms with Gasteiger partial charge in [0.25, 0.3) is 5.91 Å². The molecule has 23 heavy (non-hydrogen) atoms. The highest BCUT2D eigenvalue weighted by Gasteiger charge is 2.19. The van der Waals surface area contributed by atoms with Crippen LogP contribution in [0.5, 0.6) is 0 Å². The zero-order chi connectivity index (χ0) is 16.1. The molecule has 3 heterocycles. The maximum absolute atomic E-state index is 12.7. The van der Waals surface area contributed by atoms with Gasteiger partial charge in [-0.15, -0.1) is 11.3 Å². The second-order valence-corrected chi connectivity index (χ2v) is 6.50. The number of aliphatic hydroxyl groups is 1. The van der Waals surface area contributed by atoms with Crippen molar-refractivity contribution in [2.45, 2.75) is 6.54 Å². The molecule has 5 nitrogen and oxygen atoms in total. The largest absolute Gasteiger partial charge is 0.395 e. The van der Waals surface area contributed by atoms with Crippen LogP contribution in [-0.2, 0) is 6.54 Å². The summed E-state index contributed by atoms with van der Waals surface area (Å²) in [5, 5.41) is 15.8. The quantitative estimate of drug-likeness (QED) is 0.746. The lowest BCUT2D eigenvalue weighted by atomic mass is 10.2. The van der Waals surface area contributed by atoms with E-state index in [2.05, 4.69) is 9.97 Å². The average Bonchev–Trinajstić information content (AvgIpc) is 3.26. The standard InChI is InChI=1S/C16H15N3O2S2/c20-6-5-19(9-12-2-1-4-17-8-12)16(21)14-11-23-15(18-14)13-3-7-22-10-13/h1-4,7-8,10-11,20H,5-6,9H2. The van der Waals surface area contributed by atoms with E-state index < -0.39 is 0 Å². The van der Waals surface area contributed by atoms with Crippen LogP contribution in [0.4, 0.5) is 0 Å². The summed E-state index contributed by atoms with van der Waals surface area (Å²) in [5.74, 6) is -0.180. The van der Waals surface area contributed by atoms with Crippen molar-refractivity contribution in [2.75, 3.05) is 13.2 Å². The Morgan fingerprint density at radius 3 is 2.91 bits per heavy atom. The summed E-state index contributed by atoms with van der Waals surface area (Å²) in [7, 11) is 0. The highest BCUT2D eigenvalue weighted by atomic mass is 32.1. The lowest BCUT2D eigenvalue weighted by Gasteiger charge is -2.20. The Morgan fingerprint density at radius 1 is 1.30 bits per heavy atom. The second kappa shape index (κ2) is 7.45. The predicted molar refractivity (Wildman–Crippen MR) is 91.5 cm³/mol. The fourth-order valence-corrected chi connectivity index (χ4v) is 3.64. The first kappa shape index (κ1) is 15.8. The van der Waals surface area contributed by atoms with Crippen molar-refractivity contribution in [2.24, 2.45) is 0 Å². The van der Waals surface area contributed by atoms with Gasteiger partial charge in [-0.2, -0.15) is 11.3 Å². The molecule has 0 aliphatic rings. The molecule has 1 N–H and O–H groups in total. The number of thiophene rings is 1. The average molecular weight is 345 g/mol. The van der Waals surface area contributed by atoms with E-state index in [9.17, 15) is 9.90 Å². The van der Waals surface area contributed by atoms with Crippen LogP contribution in [0.25, 0.3) is 10.6 Å². The number of amides is 1. The normalized spacial score (nSPS) is 10.7. The number of nitrogens with zero attached hydrogens (tertiary/aromatic N) is 3. The Hall–Kier alpha value is -2.09. The SMILES string of the molecule is O=C(c1csc(-c2ccsc2)n1)N(CCO)Cc1cccnc1. The molecule has 118 valence electrons. The molecule has 0 fully saturated rings. The lowest BCUT2D eigenvalue weighted by Crippen LogP contribution is -2.33. The van der Waals surface area contributed by atoms with Crippen LogP contribution < -0.4 is 0 Å². The smallest absolute Gasteiger partial charge is 0.273 e. The lowest BCUT2D eigenvalue weighted by molar-refractivity contribution is 0.0702. The summed E-state index contributed by atoms with van der Waals surface area (Å²) in [6, 6.07) is 5.72. The fourth-order valence-electron chi connectivity index (χ4n) is 2.14. The van der Waals surface area contributed by atoms with Crippen LogP contribution >= 0.6 is 22.7 Å². The molecule has 0 atom stereocenters. The first-order valence-corrected chi connectivity index (χ1v) is 8.87. The van der Waals surface area contributed by atoms with E-state index in [-0.39, 0.29) is 19.1 Å². The van der Waals surface area contributed by atoms with Gasteiger partial charge in [-0.05, 0) is 23.1 Å². The van der Waals surface area contributed by atoms with Crippen LogP contribution in [0.1, 0.15) is 16.1 Å². The van der Waals surface area contributed by atoms with Gasteiger partial charge in [0, 0.05) is 41.8 Å². The Bertz CT molecular complexity index is 757. The van der Waals surface area contributed by atoms with Gasteiger partial charge in [-0.1, -0.05) is 6.07 Å². The van der Waals surface area contributed by atoms with Crippen molar-refractivity contribution >= 4 is 28.6 Å². The van der Waals surface area contributed by atoms with Gasteiger partial charge in [0.2, 0.25) is 0 Å². The fraction of sp³-hybridized carbons (Fsp3) is 0.188. The molecule has 0 bridgehead atoms. The van der Waals surface area contributed by atoms with Gasteiger partial charge in [0.05, 0.1) is 6.61 Å². The monoisotopic (exact) mass is 345 g/mol. The number of carbonyl (C=O) groups excluding carboxylic acids is 1. The summed E-state index contributed by atoms with van der Waals surface area (Å²) >= 11 is 3.05. The van der Waals surface area contributed by atoms with Crippen LogP contribution in [0.2, 0.25) is 0 Å². The van der Waals surface area contributed by atoms with Crippen molar-refractivity contribution in [3.63, 3.8) is 0 Å². The third-order valence-electron chi connectivity index (χ3n) is 3.24. The third kappa shape index (κ3) is 3.82. The molecule has 0 saturated carbocycles. The highest BCUT2D eigenvalue weighted by Crippen LogP contribution is 2.26. The summed E-state index contributed by atoms with van der Waals surface area (Å²) in [4.78, 5) is 22.7. The van der Waals surface area contributed by atoms with Gasteiger partial charge in [0.15, 0.2) is 0 Å². The second-order valence-electron chi connectivity index (χ2n) is 4.86.